The number of hydrogen-bond acceptors (Lipinski definition) is 8. The van der Waals surface area contributed by atoms with Crippen LogP contribution in [-0.2, 0) is 27.2 Å². The number of nitrogens with one attached hydrogen (secondary N) is 4. The van der Waals surface area contributed by atoms with Crippen LogP contribution in [0.2, 0.25) is 5.02 Å². The van der Waals surface area contributed by atoms with Gasteiger partial charge in [-0.25, -0.2) is 4.98 Å². The van der Waals surface area contributed by atoms with Gasteiger partial charge in [0.25, 0.3) is 0 Å². The van der Waals surface area contributed by atoms with Crippen molar-refractivity contribution in [2.75, 3.05) is 29.0 Å². The summed E-state index contributed by atoms with van der Waals surface area (Å²) in [4.78, 5) is 40.8. The predicted octanol–water partition coefficient (Wildman–Crippen LogP) is 6.68. The summed E-state index contributed by atoms with van der Waals surface area (Å²) < 4.78 is 67.0. The van der Waals surface area contributed by atoms with E-state index in [1.165, 1.54) is 5.56 Å². The number of piperidine rings is 1. The maximum Gasteiger partial charge on any atom is 0.458 e. The van der Waals surface area contributed by atoms with Crippen LogP contribution in [0.1, 0.15) is 36.8 Å². The SMILES string of the molecule is O=C(C(=O)C(F)(F)F)C(F)(F)F.O=C(CCC1CCNCC1)Nc1ccc2cc1CCc1cccc(c1)Nc1ncc(Cl)c(n1)N2. The van der Waals surface area contributed by atoms with Crippen LogP contribution in [0.15, 0.2) is 48.7 Å². The molecule has 0 radical (unpaired) electrons. The van der Waals surface area contributed by atoms with Crippen molar-refractivity contribution in [1.29, 1.82) is 0 Å². The van der Waals surface area contributed by atoms with Gasteiger partial charge in [0.2, 0.25) is 11.9 Å². The van der Waals surface area contributed by atoms with Gasteiger partial charge in [-0.2, -0.15) is 31.3 Å². The van der Waals surface area contributed by atoms with Gasteiger partial charge in [-0.3, -0.25) is 14.4 Å². The third-order valence-corrected chi connectivity index (χ3v) is 7.49. The average Bonchev–Trinajstić information content (AvgIpc) is 3.01. The van der Waals surface area contributed by atoms with E-state index in [0.29, 0.717) is 29.1 Å². The summed E-state index contributed by atoms with van der Waals surface area (Å²) >= 11 is 6.36. The largest absolute Gasteiger partial charge is 0.458 e. The lowest BCUT2D eigenvalue weighted by Gasteiger charge is -2.22. The summed E-state index contributed by atoms with van der Waals surface area (Å²) in [7, 11) is 0. The molecule has 5 rings (SSSR count). The van der Waals surface area contributed by atoms with E-state index >= 15 is 0 Å². The molecule has 0 atom stereocenters. The number of amides is 1. The van der Waals surface area contributed by atoms with Crippen molar-refractivity contribution in [2.24, 2.45) is 5.92 Å². The van der Waals surface area contributed by atoms with Gasteiger partial charge >= 0.3 is 23.9 Å². The van der Waals surface area contributed by atoms with Crippen molar-refractivity contribution >= 4 is 57.9 Å². The number of hydrogen-bond donors (Lipinski definition) is 4. The smallest absolute Gasteiger partial charge is 0.339 e. The molecule has 4 N–H and O–H groups in total. The third-order valence-electron chi connectivity index (χ3n) is 7.21. The molecule has 0 aliphatic carbocycles. The Morgan fingerprint density at radius 1 is 0.891 bits per heavy atom. The van der Waals surface area contributed by atoms with E-state index < -0.39 is 23.9 Å². The Morgan fingerprint density at radius 2 is 1.57 bits per heavy atom. The highest BCUT2D eigenvalue weighted by molar-refractivity contribution is 6.41. The van der Waals surface area contributed by atoms with E-state index in [1.54, 1.807) is 6.20 Å². The van der Waals surface area contributed by atoms with Gasteiger partial charge in [0.15, 0.2) is 5.82 Å². The zero-order valence-corrected chi connectivity index (χ0v) is 24.9. The summed E-state index contributed by atoms with van der Waals surface area (Å²) in [6, 6.07) is 14.2. The summed E-state index contributed by atoms with van der Waals surface area (Å²) in [6.07, 6.45) is -4.52. The molecule has 0 saturated carbocycles. The molecule has 1 amide bonds. The van der Waals surface area contributed by atoms with Gasteiger partial charge in [-0.05, 0) is 92.6 Å². The number of rotatable bonds is 5. The molecule has 2 aromatic carbocycles. The molecular weight excluding hydrogens is 642 g/mol. The lowest BCUT2D eigenvalue weighted by Crippen LogP contribution is -2.39. The number of carbonyl (C=O) groups is 3. The van der Waals surface area contributed by atoms with Crippen LogP contribution in [0.3, 0.4) is 0 Å². The molecule has 246 valence electrons. The minimum Gasteiger partial charge on any atom is -0.339 e. The minimum atomic E-state index is -5.77. The fourth-order valence-electron chi connectivity index (χ4n) is 4.84. The van der Waals surface area contributed by atoms with E-state index in [-0.39, 0.29) is 5.91 Å². The first-order valence-corrected chi connectivity index (χ1v) is 14.6. The Bertz CT molecular complexity index is 1550. The molecule has 0 unspecified atom stereocenters. The van der Waals surface area contributed by atoms with Crippen molar-refractivity contribution in [2.45, 2.75) is 50.9 Å². The first-order valence-electron chi connectivity index (χ1n) is 14.2. The summed E-state index contributed by atoms with van der Waals surface area (Å²) in [5, 5.41) is 13.5. The molecule has 1 aromatic heterocycles. The van der Waals surface area contributed by atoms with Crippen LogP contribution in [0, 0.1) is 5.92 Å². The van der Waals surface area contributed by atoms with Crippen molar-refractivity contribution in [3.8, 4) is 0 Å². The number of Topliss-reactive ketones (excluding diaryl/α,β-unsaturated/α-hetero) is 2. The number of fused-ring (bicyclic) bond motifs is 6. The number of anilines is 5. The molecule has 0 spiro atoms. The number of benzene rings is 2. The highest BCUT2D eigenvalue weighted by Crippen LogP contribution is 2.30. The molecule has 9 nitrogen and oxygen atoms in total. The van der Waals surface area contributed by atoms with Gasteiger partial charge in [0.05, 0.1) is 6.20 Å². The molecule has 2 aliphatic heterocycles. The van der Waals surface area contributed by atoms with Gasteiger partial charge < -0.3 is 21.3 Å². The second kappa shape index (κ2) is 14.9. The van der Waals surface area contributed by atoms with E-state index in [9.17, 15) is 40.7 Å². The molecule has 1 saturated heterocycles. The van der Waals surface area contributed by atoms with Crippen molar-refractivity contribution in [3.05, 3.63) is 64.8 Å². The van der Waals surface area contributed by atoms with Gasteiger partial charge in [0, 0.05) is 23.5 Å². The molecule has 16 heteroatoms. The minimum absolute atomic E-state index is 0.0769. The second-order valence-corrected chi connectivity index (χ2v) is 11.1. The standard InChI is InChI=1S/C26H29ClN6O.C4F6O2/c27-22-16-29-26-31-20-3-1-2-18(14-20)4-6-19-15-21(30-25(22)33-26)7-8-23(19)32-24(34)9-5-17-10-12-28-13-11-17;5-3(6,7)1(11)2(12)4(8,9)10/h1-3,7-8,14-17,28H,4-6,9-13H2,(H,32,34)(H2,29,30,31,33);. The van der Waals surface area contributed by atoms with Crippen molar-refractivity contribution < 1.29 is 40.7 Å². The topological polar surface area (TPSA) is 125 Å². The van der Waals surface area contributed by atoms with Crippen molar-refractivity contribution in [1.82, 2.24) is 15.3 Å². The predicted molar refractivity (Wildman–Crippen MR) is 159 cm³/mol. The van der Waals surface area contributed by atoms with Gasteiger partial charge in [-0.1, -0.05) is 23.7 Å². The fourth-order valence-corrected chi connectivity index (χ4v) is 4.98. The van der Waals surface area contributed by atoms with Crippen molar-refractivity contribution in [3.63, 3.8) is 0 Å². The zero-order valence-electron chi connectivity index (χ0n) is 24.1. The van der Waals surface area contributed by atoms with Crippen LogP contribution in [0.5, 0.6) is 0 Å². The monoisotopic (exact) mass is 670 g/mol. The Morgan fingerprint density at radius 3 is 2.24 bits per heavy atom. The summed E-state index contributed by atoms with van der Waals surface area (Å²) in [5.74, 6) is -5.10. The Hall–Kier alpha value is -4.24. The lowest BCUT2D eigenvalue weighted by molar-refractivity contribution is -0.193. The Labute approximate surface area is 264 Å². The normalized spacial score (nSPS) is 14.9. The third kappa shape index (κ3) is 9.88. The highest BCUT2D eigenvalue weighted by Gasteiger charge is 2.54. The van der Waals surface area contributed by atoms with Gasteiger partial charge in [-0.15, -0.1) is 0 Å². The Balaban J connectivity index is 0.000000342. The molecule has 1 fully saturated rings. The molecule has 3 heterocycles. The molecule has 46 heavy (non-hydrogen) atoms. The molecule has 3 aromatic rings. The molecule has 2 aliphatic rings. The van der Waals surface area contributed by atoms with E-state index in [1.807, 2.05) is 24.3 Å². The number of ketones is 2. The fraction of sp³-hybridized carbons (Fsp3) is 0.367. The quantitative estimate of drug-likeness (QED) is 0.175. The van der Waals surface area contributed by atoms with E-state index in [2.05, 4.69) is 49.4 Å². The van der Waals surface area contributed by atoms with E-state index in [0.717, 1.165) is 67.8 Å². The zero-order chi connectivity index (χ0) is 33.5. The van der Waals surface area contributed by atoms with E-state index in [4.69, 9.17) is 11.6 Å². The highest BCUT2D eigenvalue weighted by atomic mass is 35.5. The first-order chi connectivity index (χ1) is 21.7. The number of carbonyl (C=O) groups excluding carboxylic acids is 3. The first kappa shape index (κ1) is 34.6. The summed E-state index contributed by atoms with van der Waals surface area (Å²) in [5.41, 5.74) is 4.91. The van der Waals surface area contributed by atoms with Gasteiger partial charge in [0.1, 0.15) is 5.02 Å². The Kier molecular flexibility index (Phi) is 11.2. The molecular formula is C30H29ClF6N6O3. The van der Waals surface area contributed by atoms with Crippen LogP contribution in [-0.4, -0.2) is 52.9 Å². The molecule has 6 bridgehead atoms. The maximum absolute atomic E-state index is 12.8. The maximum atomic E-state index is 12.8. The van der Waals surface area contributed by atoms with Crippen LogP contribution in [0.25, 0.3) is 0 Å². The summed E-state index contributed by atoms with van der Waals surface area (Å²) in [6.45, 7) is 2.11. The number of nitrogens with zero attached hydrogens (tertiary/aromatic N) is 2. The lowest BCUT2D eigenvalue weighted by atomic mass is 9.93. The number of aryl methyl sites for hydroxylation is 2. The van der Waals surface area contributed by atoms with Crippen LogP contribution in [0.4, 0.5) is 55.2 Å². The second-order valence-electron chi connectivity index (χ2n) is 10.6. The van der Waals surface area contributed by atoms with Crippen LogP contribution < -0.4 is 21.3 Å². The number of halogens is 7. The average molecular weight is 671 g/mol. The van der Waals surface area contributed by atoms with Crippen LogP contribution >= 0.6 is 11.6 Å². The number of aromatic nitrogens is 2. The number of alkyl halides is 6.